The van der Waals surface area contributed by atoms with E-state index in [2.05, 4.69) is 4.85 Å². The Morgan fingerprint density at radius 2 is 1.87 bits per heavy atom. The zero-order valence-corrected chi connectivity index (χ0v) is 9.33. The maximum absolute atomic E-state index is 11.3. The van der Waals surface area contributed by atoms with E-state index in [1.54, 1.807) is 0 Å². The Balaban J connectivity index is 2.50. The second kappa shape index (κ2) is 4.59. The Labute approximate surface area is 89.3 Å². The van der Waals surface area contributed by atoms with Gasteiger partial charge in [-0.25, -0.2) is 15.0 Å². The van der Waals surface area contributed by atoms with Gasteiger partial charge in [0, 0.05) is 26.2 Å². The van der Waals surface area contributed by atoms with E-state index in [0.29, 0.717) is 26.2 Å². The van der Waals surface area contributed by atoms with Crippen molar-refractivity contribution in [3.05, 3.63) is 11.4 Å². The second-order valence-corrected chi connectivity index (χ2v) is 5.34. The molecule has 15 heavy (non-hydrogen) atoms. The van der Waals surface area contributed by atoms with Gasteiger partial charge in [0.1, 0.15) is 0 Å². The van der Waals surface area contributed by atoms with Gasteiger partial charge in [0.05, 0.1) is 6.26 Å². The average molecular weight is 231 g/mol. The molecular formula is C8H13N3O3S. The van der Waals surface area contributed by atoms with Crippen molar-refractivity contribution in [1.82, 2.24) is 9.21 Å². The van der Waals surface area contributed by atoms with Gasteiger partial charge in [-0.2, -0.15) is 4.31 Å². The molecule has 0 aromatic heterocycles. The number of hydrogen-bond donors (Lipinski definition) is 0. The van der Waals surface area contributed by atoms with Crippen LogP contribution in [0.2, 0.25) is 0 Å². The van der Waals surface area contributed by atoms with E-state index < -0.39 is 10.0 Å². The van der Waals surface area contributed by atoms with Gasteiger partial charge in [0.15, 0.2) is 0 Å². The number of amides is 1. The smallest absolute Gasteiger partial charge is 0.302 e. The second-order valence-electron chi connectivity index (χ2n) is 3.36. The molecule has 1 heterocycles. The van der Waals surface area contributed by atoms with Crippen LogP contribution in [0.1, 0.15) is 0 Å². The SMILES string of the molecule is [C-]#[N+]CC(=O)N1CCN(S(C)(=O)=O)CC1. The van der Waals surface area contributed by atoms with Gasteiger partial charge in [-0.05, 0) is 0 Å². The van der Waals surface area contributed by atoms with Gasteiger partial charge in [0.2, 0.25) is 10.0 Å². The van der Waals surface area contributed by atoms with Crippen LogP contribution in [0.15, 0.2) is 0 Å². The van der Waals surface area contributed by atoms with E-state index in [4.69, 9.17) is 6.57 Å². The lowest BCUT2D eigenvalue weighted by atomic mass is 10.3. The topological polar surface area (TPSA) is 62.1 Å². The summed E-state index contributed by atoms with van der Waals surface area (Å²) in [4.78, 5) is 15.8. The Hall–Kier alpha value is -1.13. The van der Waals surface area contributed by atoms with E-state index in [9.17, 15) is 13.2 Å². The Morgan fingerprint density at radius 3 is 2.27 bits per heavy atom. The van der Waals surface area contributed by atoms with Gasteiger partial charge in [0.25, 0.3) is 6.54 Å². The van der Waals surface area contributed by atoms with E-state index in [1.807, 2.05) is 0 Å². The van der Waals surface area contributed by atoms with E-state index in [-0.39, 0.29) is 12.5 Å². The van der Waals surface area contributed by atoms with Crippen molar-refractivity contribution < 1.29 is 13.2 Å². The Bertz CT molecular complexity index is 376. The highest BCUT2D eigenvalue weighted by atomic mass is 32.2. The molecule has 0 aromatic carbocycles. The third kappa shape index (κ3) is 3.18. The maximum Gasteiger partial charge on any atom is 0.302 e. The van der Waals surface area contributed by atoms with Crippen LogP contribution >= 0.6 is 0 Å². The zero-order valence-electron chi connectivity index (χ0n) is 8.51. The van der Waals surface area contributed by atoms with E-state index in [0.717, 1.165) is 6.26 Å². The van der Waals surface area contributed by atoms with E-state index >= 15 is 0 Å². The summed E-state index contributed by atoms with van der Waals surface area (Å²) in [5, 5.41) is 0. The van der Waals surface area contributed by atoms with Gasteiger partial charge in [-0.1, -0.05) is 0 Å². The first-order valence-corrected chi connectivity index (χ1v) is 6.36. The minimum Gasteiger partial charge on any atom is -0.334 e. The molecule has 0 radical (unpaired) electrons. The van der Waals surface area contributed by atoms with Crippen molar-refractivity contribution in [3.8, 4) is 0 Å². The van der Waals surface area contributed by atoms with Gasteiger partial charge in [-0.15, -0.1) is 0 Å². The van der Waals surface area contributed by atoms with Gasteiger partial charge in [-0.3, -0.25) is 4.79 Å². The highest BCUT2D eigenvalue weighted by molar-refractivity contribution is 7.88. The molecule has 0 aromatic rings. The fraction of sp³-hybridized carbons (Fsp3) is 0.750. The van der Waals surface area contributed by atoms with Gasteiger partial charge >= 0.3 is 5.91 Å². The molecule has 1 saturated heterocycles. The third-order valence-electron chi connectivity index (χ3n) is 2.27. The lowest BCUT2D eigenvalue weighted by Gasteiger charge is -2.32. The minimum absolute atomic E-state index is 0.154. The molecule has 1 aliphatic heterocycles. The molecule has 0 unspecified atom stereocenters. The summed E-state index contributed by atoms with van der Waals surface area (Å²) in [7, 11) is -3.15. The van der Waals surface area contributed by atoms with Crippen molar-refractivity contribution in [2.75, 3.05) is 39.0 Å². The molecule has 84 valence electrons. The summed E-state index contributed by atoms with van der Waals surface area (Å²) in [6, 6.07) is 0. The number of piperazine rings is 1. The molecule has 0 bridgehead atoms. The number of rotatable bonds is 2. The maximum atomic E-state index is 11.3. The molecule has 1 fully saturated rings. The van der Waals surface area contributed by atoms with Crippen molar-refractivity contribution in [3.63, 3.8) is 0 Å². The van der Waals surface area contributed by atoms with Crippen molar-refractivity contribution in [2.24, 2.45) is 0 Å². The van der Waals surface area contributed by atoms with Crippen LogP contribution < -0.4 is 0 Å². The number of nitrogens with zero attached hydrogens (tertiary/aromatic N) is 3. The number of sulfonamides is 1. The summed E-state index contributed by atoms with van der Waals surface area (Å²) in [6.45, 7) is 7.80. The molecular weight excluding hydrogens is 218 g/mol. The van der Waals surface area contributed by atoms with Crippen LogP contribution in [0, 0.1) is 6.57 Å². The van der Waals surface area contributed by atoms with Crippen LogP contribution in [0.5, 0.6) is 0 Å². The minimum atomic E-state index is -3.15. The average Bonchev–Trinajstić information content (AvgIpc) is 2.17. The molecule has 0 atom stereocenters. The van der Waals surface area contributed by atoms with Crippen LogP contribution in [0.3, 0.4) is 0 Å². The summed E-state index contributed by atoms with van der Waals surface area (Å²) < 4.78 is 23.7. The quantitative estimate of drug-likeness (QED) is 0.573. The number of hydrogen-bond acceptors (Lipinski definition) is 3. The molecule has 7 heteroatoms. The normalized spacial score (nSPS) is 18.5. The summed E-state index contributed by atoms with van der Waals surface area (Å²) in [5.41, 5.74) is 0. The Morgan fingerprint density at radius 1 is 1.33 bits per heavy atom. The van der Waals surface area contributed by atoms with Crippen LogP contribution in [-0.4, -0.2) is 62.5 Å². The van der Waals surface area contributed by atoms with E-state index in [1.165, 1.54) is 9.21 Å². The fourth-order valence-electron chi connectivity index (χ4n) is 1.44. The zero-order chi connectivity index (χ0) is 11.5. The summed E-state index contributed by atoms with van der Waals surface area (Å²) >= 11 is 0. The predicted octanol–water partition coefficient (Wildman–Crippen LogP) is -0.991. The lowest BCUT2D eigenvalue weighted by Crippen LogP contribution is -2.50. The molecule has 1 amide bonds. The van der Waals surface area contributed by atoms with Gasteiger partial charge < -0.3 is 9.74 Å². The molecule has 6 nitrogen and oxygen atoms in total. The summed E-state index contributed by atoms with van der Waals surface area (Å²) in [5.74, 6) is -0.224. The molecule has 0 spiro atoms. The van der Waals surface area contributed by atoms with Crippen molar-refractivity contribution in [1.29, 1.82) is 0 Å². The molecule has 1 rings (SSSR count). The van der Waals surface area contributed by atoms with Crippen LogP contribution in [-0.2, 0) is 14.8 Å². The third-order valence-corrected chi connectivity index (χ3v) is 3.58. The van der Waals surface area contributed by atoms with Crippen LogP contribution in [0.25, 0.3) is 4.85 Å². The molecule has 0 N–H and O–H groups in total. The Kier molecular flexibility index (Phi) is 3.66. The number of carbonyl (C=O) groups excluding carboxylic acids is 1. The highest BCUT2D eigenvalue weighted by Gasteiger charge is 2.26. The van der Waals surface area contributed by atoms with Crippen LogP contribution in [0.4, 0.5) is 0 Å². The first-order valence-electron chi connectivity index (χ1n) is 4.51. The highest BCUT2D eigenvalue weighted by Crippen LogP contribution is 2.06. The fourth-order valence-corrected chi connectivity index (χ4v) is 2.26. The first-order chi connectivity index (χ1) is 6.95. The van der Waals surface area contributed by atoms with Crippen molar-refractivity contribution >= 4 is 15.9 Å². The van der Waals surface area contributed by atoms with Crippen molar-refractivity contribution in [2.45, 2.75) is 0 Å². The lowest BCUT2D eigenvalue weighted by molar-refractivity contribution is -0.130. The first kappa shape index (κ1) is 11.9. The standard InChI is InChI=1S/C8H13N3O3S/c1-9-7-8(12)10-3-5-11(6-4-10)15(2,13)14/h3-7H2,2H3. The molecule has 0 aliphatic carbocycles. The monoisotopic (exact) mass is 231 g/mol. The molecule has 0 saturated carbocycles. The largest absolute Gasteiger partial charge is 0.334 e. The number of carbonyl (C=O) groups is 1. The summed E-state index contributed by atoms with van der Waals surface area (Å²) in [6.07, 6.45) is 1.16. The molecule has 1 aliphatic rings. The predicted molar refractivity (Wildman–Crippen MR) is 54.5 cm³/mol.